The molecule has 0 atom stereocenters. The number of aromatic amines is 1. The quantitative estimate of drug-likeness (QED) is 0.903. The van der Waals surface area contributed by atoms with E-state index in [9.17, 15) is 9.59 Å². The summed E-state index contributed by atoms with van der Waals surface area (Å²) in [5.74, 6) is 0.341. The molecule has 1 aromatic heterocycles. The standard InChI is InChI=1S/C16H19N3O2/c1-4-12-7-5-6-8-14(12)19-15(20)9-13-10(2)17-11(3)18-16(13)21/h5-8H,4,9H2,1-3H3,(H,19,20)(H,17,18,21). The lowest BCUT2D eigenvalue weighted by Crippen LogP contribution is -2.24. The highest BCUT2D eigenvalue weighted by molar-refractivity contribution is 5.93. The molecule has 0 aliphatic rings. The van der Waals surface area contributed by atoms with Crippen molar-refractivity contribution in [2.24, 2.45) is 0 Å². The van der Waals surface area contributed by atoms with Gasteiger partial charge in [0, 0.05) is 16.9 Å². The fourth-order valence-electron chi connectivity index (χ4n) is 2.26. The second-order valence-electron chi connectivity index (χ2n) is 4.95. The molecule has 0 saturated carbocycles. The van der Waals surface area contributed by atoms with E-state index < -0.39 is 0 Å². The number of aromatic nitrogens is 2. The number of aryl methyl sites for hydroxylation is 3. The minimum atomic E-state index is -0.251. The lowest BCUT2D eigenvalue weighted by atomic mass is 10.1. The van der Waals surface area contributed by atoms with Crippen molar-refractivity contribution in [2.45, 2.75) is 33.6 Å². The number of anilines is 1. The first-order valence-corrected chi connectivity index (χ1v) is 6.95. The van der Waals surface area contributed by atoms with E-state index >= 15 is 0 Å². The summed E-state index contributed by atoms with van der Waals surface area (Å²) in [5, 5.41) is 2.86. The van der Waals surface area contributed by atoms with Crippen molar-refractivity contribution in [3.63, 3.8) is 0 Å². The Hall–Kier alpha value is -2.43. The first-order chi connectivity index (χ1) is 10.0. The van der Waals surface area contributed by atoms with Gasteiger partial charge in [0.05, 0.1) is 6.42 Å². The molecule has 0 unspecified atom stereocenters. The van der Waals surface area contributed by atoms with Crippen LogP contribution in [-0.2, 0) is 17.6 Å². The Labute approximate surface area is 123 Å². The number of H-pyrrole nitrogens is 1. The van der Waals surface area contributed by atoms with Crippen LogP contribution >= 0.6 is 0 Å². The van der Waals surface area contributed by atoms with Crippen molar-refractivity contribution in [1.82, 2.24) is 9.97 Å². The van der Waals surface area contributed by atoms with Gasteiger partial charge in [0.25, 0.3) is 5.56 Å². The third kappa shape index (κ3) is 3.56. The van der Waals surface area contributed by atoms with Crippen LogP contribution in [0.5, 0.6) is 0 Å². The van der Waals surface area contributed by atoms with Crippen molar-refractivity contribution >= 4 is 11.6 Å². The summed E-state index contributed by atoms with van der Waals surface area (Å²) >= 11 is 0. The molecule has 1 aromatic carbocycles. The molecule has 0 aliphatic carbocycles. The van der Waals surface area contributed by atoms with Gasteiger partial charge in [-0.1, -0.05) is 25.1 Å². The molecule has 2 N–H and O–H groups in total. The van der Waals surface area contributed by atoms with Crippen molar-refractivity contribution < 1.29 is 4.79 Å². The van der Waals surface area contributed by atoms with Gasteiger partial charge in [0.15, 0.2) is 0 Å². The largest absolute Gasteiger partial charge is 0.326 e. The third-order valence-corrected chi connectivity index (χ3v) is 3.35. The van der Waals surface area contributed by atoms with Gasteiger partial charge in [-0.25, -0.2) is 4.98 Å². The smallest absolute Gasteiger partial charge is 0.254 e. The number of rotatable bonds is 4. The van der Waals surface area contributed by atoms with Gasteiger partial charge in [-0.2, -0.15) is 0 Å². The zero-order valence-electron chi connectivity index (χ0n) is 12.5. The SMILES string of the molecule is CCc1ccccc1NC(=O)Cc1c(C)nc(C)[nH]c1=O. The Morgan fingerprint density at radius 2 is 2.00 bits per heavy atom. The summed E-state index contributed by atoms with van der Waals surface area (Å²) in [6.45, 7) is 5.49. The van der Waals surface area contributed by atoms with Crippen LogP contribution in [0.2, 0.25) is 0 Å². The molecule has 5 nitrogen and oxygen atoms in total. The first kappa shape index (κ1) is 15.0. The Morgan fingerprint density at radius 3 is 2.67 bits per heavy atom. The van der Waals surface area contributed by atoms with Gasteiger partial charge in [-0.05, 0) is 31.9 Å². The molecular formula is C16H19N3O2. The summed E-state index contributed by atoms with van der Waals surface area (Å²) in [4.78, 5) is 30.9. The van der Waals surface area contributed by atoms with Crippen LogP contribution in [0.1, 0.15) is 29.6 Å². The molecule has 0 fully saturated rings. The van der Waals surface area contributed by atoms with Crippen molar-refractivity contribution in [3.05, 3.63) is 57.3 Å². The number of nitrogens with one attached hydrogen (secondary N) is 2. The minimum Gasteiger partial charge on any atom is -0.326 e. The van der Waals surface area contributed by atoms with Gasteiger partial charge >= 0.3 is 0 Å². The molecule has 110 valence electrons. The summed E-state index contributed by atoms with van der Waals surface area (Å²) in [6, 6.07) is 7.65. The maximum absolute atomic E-state index is 12.1. The summed E-state index contributed by atoms with van der Waals surface area (Å²) in [6.07, 6.45) is 0.856. The van der Waals surface area contributed by atoms with Gasteiger partial charge in [-0.3, -0.25) is 9.59 Å². The molecule has 5 heteroatoms. The normalized spacial score (nSPS) is 10.4. The monoisotopic (exact) mass is 285 g/mol. The van der Waals surface area contributed by atoms with Gasteiger partial charge < -0.3 is 10.3 Å². The number of carbonyl (C=O) groups is 1. The van der Waals surface area contributed by atoms with Crippen LogP contribution in [0.4, 0.5) is 5.69 Å². The number of carbonyl (C=O) groups excluding carboxylic acids is 1. The highest BCUT2D eigenvalue weighted by Crippen LogP contribution is 2.15. The van der Waals surface area contributed by atoms with E-state index in [1.807, 2.05) is 31.2 Å². The van der Waals surface area contributed by atoms with Crippen molar-refractivity contribution in [2.75, 3.05) is 5.32 Å². The van der Waals surface area contributed by atoms with Gasteiger partial charge in [-0.15, -0.1) is 0 Å². The Balaban J connectivity index is 2.18. The average Bonchev–Trinajstić information content (AvgIpc) is 2.43. The number of hydrogen-bond acceptors (Lipinski definition) is 3. The number of amides is 1. The molecular weight excluding hydrogens is 266 g/mol. The molecule has 2 aromatic rings. The van der Waals surface area contributed by atoms with Crippen LogP contribution in [0.3, 0.4) is 0 Å². The molecule has 0 aliphatic heterocycles. The number of hydrogen-bond donors (Lipinski definition) is 2. The molecule has 0 spiro atoms. The number of para-hydroxylation sites is 1. The number of nitrogens with zero attached hydrogens (tertiary/aromatic N) is 1. The minimum absolute atomic E-state index is 0.0203. The highest BCUT2D eigenvalue weighted by atomic mass is 16.2. The average molecular weight is 285 g/mol. The third-order valence-electron chi connectivity index (χ3n) is 3.35. The van der Waals surface area contributed by atoms with E-state index in [0.717, 1.165) is 17.7 Å². The van der Waals surface area contributed by atoms with E-state index in [2.05, 4.69) is 15.3 Å². The molecule has 2 rings (SSSR count). The first-order valence-electron chi connectivity index (χ1n) is 6.95. The summed E-state index contributed by atoms with van der Waals surface area (Å²) in [7, 11) is 0. The van der Waals surface area contributed by atoms with E-state index in [4.69, 9.17) is 0 Å². The van der Waals surface area contributed by atoms with E-state index in [-0.39, 0.29) is 17.9 Å². The fourth-order valence-corrected chi connectivity index (χ4v) is 2.26. The maximum Gasteiger partial charge on any atom is 0.254 e. The van der Waals surface area contributed by atoms with Gasteiger partial charge in [0.1, 0.15) is 5.82 Å². The molecule has 21 heavy (non-hydrogen) atoms. The number of benzene rings is 1. The summed E-state index contributed by atoms with van der Waals surface area (Å²) < 4.78 is 0. The molecule has 1 amide bonds. The van der Waals surface area contributed by atoms with Gasteiger partial charge in [0.2, 0.25) is 5.91 Å². The summed E-state index contributed by atoms with van der Waals surface area (Å²) in [5.41, 5.74) is 2.61. The van der Waals surface area contributed by atoms with Crippen LogP contribution in [0, 0.1) is 13.8 Å². The molecule has 0 saturated heterocycles. The highest BCUT2D eigenvalue weighted by Gasteiger charge is 2.12. The van der Waals surface area contributed by atoms with Crippen molar-refractivity contribution in [1.29, 1.82) is 0 Å². The van der Waals surface area contributed by atoms with Crippen molar-refractivity contribution in [3.8, 4) is 0 Å². The fraction of sp³-hybridized carbons (Fsp3) is 0.312. The second kappa shape index (κ2) is 6.35. The van der Waals surface area contributed by atoms with Crippen LogP contribution in [-0.4, -0.2) is 15.9 Å². The predicted octanol–water partition coefficient (Wildman–Crippen LogP) is 2.13. The lowest BCUT2D eigenvalue weighted by Gasteiger charge is -2.10. The Bertz CT molecular complexity index is 720. The second-order valence-corrected chi connectivity index (χ2v) is 4.95. The van der Waals surface area contributed by atoms with Crippen LogP contribution < -0.4 is 10.9 Å². The Kier molecular flexibility index (Phi) is 4.52. The zero-order valence-corrected chi connectivity index (χ0v) is 12.5. The van der Waals surface area contributed by atoms with Crippen LogP contribution in [0.25, 0.3) is 0 Å². The van der Waals surface area contributed by atoms with E-state index in [1.165, 1.54) is 0 Å². The predicted molar refractivity (Wildman–Crippen MR) is 82.5 cm³/mol. The maximum atomic E-state index is 12.1. The topological polar surface area (TPSA) is 74.8 Å². The van der Waals surface area contributed by atoms with E-state index in [1.54, 1.807) is 13.8 Å². The van der Waals surface area contributed by atoms with E-state index in [0.29, 0.717) is 17.1 Å². The van der Waals surface area contributed by atoms with Crippen LogP contribution in [0.15, 0.2) is 29.1 Å². The lowest BCUT2D eigenvalue weighted by molar-refractivity contribution is -0.115. The molecule has 1 heterocycles. The molecule has 0 radical (unpaired) electrons. The zero-order chi connectivity index (χ0) is 15.4. The molecule has 0 bridgehead atoms. The Morgan fingerprint density at radius 1 is 1.29 bits per heavy atom.